The third kappa shape index (κ3) is 4.07. The fourth-order valence-electron chi connectivity index (χ4n) is 3.01. The zero-order chi connectivity index (χ0) is 14.4. The summed E-state index contributed by atoms with van der Waals surface area (Å²) in [5.41, 5.74) is 2.71. The number of ether oxygens (including phenoxy) is 1. The molecule has 1 aliphatic rings. The van der Waals surface area contributed by atoms with Crippen molar-refractivity contribution < 1.29 is 4.74 Å². The van der Waals surface area contributed by atoms with E-state index in [0.29, 0.717) is 6.04 Å². The number of rotatable bonds is 6. The van der Waals surface area contributed by atoms with Gasteiger partial charge in [0, 0.05) is 12.6 Å². The summed E-state index contributed by atoms with van der Waals surface area (Å²) in [7, 11) is 0. The van der Waals surface area contributed by atoms with Crippen LogP contribution in [-0.2, 0) is 11.2 Å². The van der Waals surface area contributed by atoms with Gasteiger partial charge in [0.25, 0.3) is 0 Å². The fourth-order valence-corrected chi connectivity index (χ4v) is 3.01. The van der Waals surface area contributed by atoms with Gasteiger partial charge >= 0.3 is 0 Å². The number of nitrogens with one attached hydrogen (secondary N) is 1. The smallest absolute Gasteiger partial charge is 0.0810 e. The fraction of sp³-hybridized carbons (Fsp3) is 0.667. The van der Waals surface area contributed by atoms with E-state index in [-0.39, 0.29) is 5.60 Å². The third-order valence-electron chi connectivity index (χ3n) is 4.44. The van der Waals surface area contributed by atoms with Gasteiger partial charge in [-0.05, 0) is 58.1 Å². The SMILES string of the molecule is CCCNC(Cc1ccc(C)cc1)C1(C)CCCCO1. The molecule has 0 radical (unpaired) electrons. The van der Waals surface area contributed by atoms with Gasteiger partial charge in [-0.3, -0.25) is 0 Å². The lowest BCUT2D eigenvalue weighted by molar-refractivity contribution is -0.0883. The van der Waals surface area contributed by atoms with E-state index in [9.17, 15) is 0 Å². The summed E-state index contributed by atoms with van der Waals surface area (Å²) >= 11 is 0. The van der Waals surface area contributed by atoms with E-state index in [0.717, 1.165) is 19.6 Å². The molecule has 1 aromatic rings. The molecule has 2 unspecified atom stereocenters. The summed E-state index contributed by atoms with van der Waals surface area (Å²) in [6, 6.07) is 9.32. The van der Waals surface area contributed by atoms with Gasteiger partial charge in [-0.1, -0.05) is 36.8 Å². The summed E-state index contributed by atoms with van der Waals surface area (Å²) in [4.78, 5) is 0. The van der Waals surface area contributed by atoms with Crippen molar-refractivity contribution in [3.05, 3.63) is 35.4 Å². The minimum absolute atomic E-state index is 0.0156. The molecule has 0 amide bonds. The van der Waals surface area contributed by atoms with Gasteiger partial charge in [-0.2, -0.15) is 0 Å². The van der Waals surface area contributed by atoms with Gasteiger partial charge in [0.05, 0.1) is 5.60 Å². The topological polar surface area (TPSA) is 21.3 Å². The van der Waals surface area contributed by atoms with E-state index < -0.39 is 0 Å². The highest BCUT2D eigenvalue weighted by molar-refractivity contribution is 5.22. The molecule has 2 rings (SSSR count). The Morgan fingerprint density at radius 3 is 2.60 bits per heavy atom. The van der Waals surface area contributed by atoms with Crippen molar-refractivity contribution in [3.63, 3.8) is 0 Å². The first-order chi connectivity index (χ1) is 9.64. The van der Waals surface area contributed by atoms with Gasteiger partial charge in [-0.15, -0.1) is 0 Å². The van der Waals surface area contributed by atoms with Crippen LogP contribution in [0, 0.1) is 6.92 Å². The molecule has 0 aliphatic carbocycles. The lowest BCUT2D eigenvalue weighted by Crippen LogP contribution is -2.53. The molecule has 112 valence electrons. The van der Waals surface area contributed by atoms with Crippen LogP contribution in [0.2, 0.25) is 0 Å². The van der Waals surface area contributed by atoms with Crippen molar-refractivity contribution >= 4 is 0 Å². The average Bonchev–Trinajstić information content (AvgIpc) is 2.46. The van der Waals surface area contributed by atoms with Crippen molar-refractivity contribution in [2.24, 2.45) is 0 Å². The largest absolute Gasteiger partial charge is 0.374 e. The molecule has 0 aromatic heterocycles. The highest BCUT2D eigenvalue weighted by atomic mass is 16.5. The van der Waals surface area contributed by atoms with Crippen LogP contribution in [0.1, 0.15) is 50.7 Å². The molecule has 0 saturated carbocycles. The second kappa shape index (κ2) is 7.24. The summed E-state index contributed by atoms with van der Waals surface area (Å²) in [5.74, 6) is 0. The van der Waals surface area contributed by atoms with E-state index in [1.165, 1.54) is 36.8 Å². The van der Waals surface area contributed by atoms with E-state index >= 15 is 0 Å². The van der Waals surface area contributed by atoms with Crippen LogP contribution in [0.15, 0.2) is 24.3 Å². The van der Waals surface area contributed by atoms with Crippen LogP contribution in [0.5, 0.6) is 0 Å². The third-order valence-corrected chi connectivity index (χ3v) is 4.44. The van der Waals surface area contributed by atoms with E-state index in [1.54, 1.807) is 0 Å². The molecular weight excluding hydrogens is 246 g/mol. The summed E-state index contributed by atoms with van der Waals surface area (Å²) < 4.78 is 6.16. The Bertz CT molecular complexity index is 392. The molecule has 1 saturated heterocycles. The highest BCUT2D eigenvalue weighted by Gasteiger charge is 2.36. The van der Waals surface area contributed by atoms with Crippen molar-refractivity contribution in [2.45, 2.75) is 64.5 Å². The standard InChI is InChI=1S/C18H29NO/c1-4-12-19-17(18(3)11-5-6-13-20-18)14-16-9-7-15(2)8-10-16/h7-10,17,19H,4-6,11-14H2,1-3H3. The molecule has 1 fully saturated rings. The first-order valence-corrected chi connectivity index (χ1v) is 8.07. The minimum Gasteiger partial charge on any atom is -0.374 e. The number of hydrogen-bond donors (Lipinski definition) is 1. The maximum Gasteiger partial charge on any atom is 0.0810 e. The number of aryl methyl sites for hydroxylation is 1. The second-order valence-corrected chi connectivity index (χ2v) is 6.31. The molecule has 0 spiro atoms. The van der Waals surface area contributed by atoms with Crippen LogP contribution in [-0.4, -0.2) is 24.8 Å². The predicted octanol–water partition coefficient (Wildman–Crippen LogP) is 3.86. The summed E-state index contributed by atoms with van der Waals surface area (Å²) in [6.45, 7) is 8.63. The lowest BCUT2D eigenvalue weighted by Gasteiger charge is -2.41. The van der Waals surface area contributed by atoms with Gasteiger partial charge in [0.2, 0.25) is 0 Å². The van der Waals surface area contributed by atoms with Crippen molar-refractivity contribution in [1.82, 2.24) is 5.32 Å². The average molecular weight is 275 g/mol. The molecule has 20 heavy (non-hydrogen) atoms. The quantitative estimate of drug-likeness (QED) is 0.851. The van der Waals surface area contributed by atoms with Crippen LogP contribution < -0.4 is 5.32 Å². The van der Waals surface area contributed by atoms with Crippen molar-refractivity contribution in [1.29, 1.82) is 0 Å². The summed E-state index contributed by atoms with van der Waals surface area (Å²) in [6.07, 6.45) is 5.88. The Labute approximate surface area is 123 Å². The Hall–Kier alpha value is -0.860. The molecule has 1 N–H and O–H groups in total. The zero-order valence-corrected chi connectivity index (χ0v) is 13.2. The molecule has 2 heteroatoms. The highest BCUT2D eigenvalue weighted by Crippen LogP contribution is 2.29. The van der Waals surface area contributed by atoms with Crippen LogP contribution in [0.3, 0.4) is 0 Å². The van der Waals surface area contributed by atoms with Crippen molar-refractivity contribution in [3.8, 4) is 0 Å². The zero-order valence-electron chi connectivity index (χ0n) is 13.2. The van der Waals surface area contributed by atoms with Gasteiger partial charge in [0.15, 0.2) is 0 Å². The Kier molecular flexibility index (Phi) is 5.62. The lowest BCUT2D eigenvalue weighted by atomic mass is 9.84. The van der Waals surface area contributed by atoms with Crippen LogP contribution in [0.25, 0.3) is 0 Å². The van der Waals surface area contributed by atoms with E-state index in [1.807, 2.05) is 0 Å². The second-order valence-electron chi connectivity index (χ2n) is 6.31. The Morgan fingerprint density at radius 2 is 2.00 bits per heavy atom. The molecule has 1 aliphatic heterocycles. The Morgan fingerprint density at radius 1 is 1.25 bits per heavy atom. The molecule has 1 heterocycles. The minimum atomic E-state index is -0.0156. The molecule has 1 aromatic carbocycles. The number of benzene rings is 1. The molecular formula is C18H29NO. The summed E-state index contributed by atoms with van der Waals surface area (Å²) in [5, 5.41) is 3.72. The molecule has 2 nitrogen and oxygen atoms in total. The predicted molar refractivity (Wildman–Crippen MR) is 85.2 cm³/mol. The van der Waals surface area contributed by atoms with Gasteiger partial charge in [0.1, 0.15) is 0 Å². The van der Waals surface area contributed by atoms with Crippen LogP contribution in [0.4, 0.5) is 0 Å². The van der Waals surface area contributed by atoms with E-state index in [4.69, 9.17) is 4.74 Å². The van der Waals surface area contributed by atoms with Gasteiger partial charge < -0.3 is 10.1 Å². The monoisotopic (exact) mass is 275 g/mol. The van der Waals surface area contributed by atoms with Crippen LogP contribution >= 0.6 is 0 Å². The maximum absolute atomic E-state index is 6.16. The maximum atomic E-state index is 6.16. The normalized spacial score (nSPS) is 24.6. The van der Waals surface area contributed by atoms with Crippen molar-refractivity contribution in [2.75, 3.05) is 13.2 Å². The van der Waals surface area contributed by atoms with Gasteiger partial charge in [-0.25, -0.2) is 0 Å². The molecule has 2 atom stereocenters. The number of hydrogen-bond acceptors (Lipinski definition) is 2. The molecule has 0 bridgehead atoms. The first-order valence-electron chi connectivity index (χ1n) is 8.07. The van der Waals surface area contributed by atoms with E-state index in [2.05, 4.69) is 50.4 Å². The Balaban J connectivity index is 2.07. The first kappa shape index (κ1) is 15.5.